The summed E-state index contributed by atoms with van der Waals surface area (Å²) in [7, 11) is 1.96. The Morgan fingerprint density at radius 1 is 0.821 bits per heavy atom. The molecule has 6 aromatic rings. The van der Waals surface area contributed by atoms with E-state index < -0.39 is 18.0 Å². The largest absolute Gasteiger partial charge is 0.455 e. The van der Waals surface area contributed by atoms with Crippen LogP contribution in [-0.2, 0) is 13.4 Å². The highest BCUT2D eigenvalue weighted by Gasteiger charge is 2.46. The van der Waals surface area contributed by atoms with Gasteiger partial charge in [0.25, 0.3) is 0 Å². The minimum absolute atomic E-state index is 0.0134. The summed E-state index contributed by atoms with van der Waals surface area (Å²) < 4.78 is 66.0. The van der Waals surface area contributed by atoms with Crippen LogP contribution in [0.2, 0.25) is 0 Å². The fourth-order valence-electron chi connectivity index (χ4n) is 5.12. The number of furan rings is 1. The van der Waals surface area contributed by atoms with Gasteiger partial charge >= 0.3 is 6.18 Å². The topological polar surface area (TPSA) is 17.0 Å². The van der Waals surface area contributed by atoms with Crippen molar-refractivity contribution in [3.63, 3.8) is 0 Å². The standard InChI is InChI=1S/C34H29F3NO/c1-21-9-14-27-28-17-24-7-5-6-8-25(24)19-30(28)39-32(27)31(21)29-18-26(15-16-38(29)4)23-12-10-22(11-13-23)20-33(2,3)34(35,36)37/h5-19H,20H2,1-4H3/q+1/i20D2. The van der Waals surface area contributed by atoms with E-state index in [1.807, 2.05) is 49.0 Å². The Bertz CT molecular complexity index is 1950. The fourth-order valence-corrected chi connectivity index (χ4v) is 5.12. The van der Waals surface area contributed by atoms with Gasteiger partial charge in [-0.15, -0.1) is 0 Å². The fraction of sp³-hybridized carbons (Fsp3) is 0.206. The molecule has 0 saturated carbocycles. The molecule has 5 heteroatoms. The van der Waals surface area contributed by atoms with Gasteiger partial charge in [0.05, 0.1) is 11.0 Å². The lowest BCUT2D eigenvalue weighted by Crippen LogP contribution is -2.34. The first-order chi connectivity index (χ1) is 19.3. The van der Waals surface area contributed by atoms with Crippen LogP contribution < -0.4 is 4.57 Å². The molecule has 0 fully saturated rings. The van der Waals surface area contributed by atoms with Crippen molar-refractivity contribution in [1.29, 1.82) is 0 Å². The molecule has 0 aliphatic carbocycles. The Balaban J connectivity index is 1.46. The van der Waals surface area contributed by atoms with Crippen LogP contribution in [0.3, 0.4) is 0 Å². The Labute approximate surface area is 228 Å². The Kier molecular flexibility index (Phi) is 5.25. The first-order valence-corrected chi connectivity index (χ1v) is 12.8. The summed E-state index contributed by atoms with van der Waals surface area (Å²) in [5, 5.41) is 4.32. The molecule has 0 spiro atoms. The number of nitrogens with zero attached hydrogens (tertiary/aromatic N) is 1. The van der Waals surface area contributed by atoms with E-state index in [1.54, 1.807) is 12.1 Å². The van der Waals surface area contributed by atoms with Crippen LogP contribution in [0.25, 0.3) is 55.1 Å². The average molecular weight is 527 g/mol. The molecule has 0 aliphatic rings. The van der Waals surface area contributed by atoms with Crippen LogP contribution in [0.1, 0.15) is 27.7 Å². The second kappa shape index (κ2) is 8.98. The lowest BCUT2D eigenvalue weighted by atomic mass is 9.84. The first kappa shape index (κ1) is 22.8. The van der Waals surface area contributed by atoms with E-state index in [0.717, 1.165) is 74.5 Å². The van der Waals surface area contributed by atoms with Crippen molar-refractivity contribution in [2.24, 2.45) is 12.5 Å². The second-order valence-corrected chi connectivity index (χ2v) is 10.7. The Morgan fingerprint density at radius 2 is 1.51 bits per heavy atom. The Hall–Kier alpha value is -4.12. The molecule has 0 aliphatic heterocycles. The quantitative estimate of drug-likeness (QED) is 0.209. The molecule has 196 valence electrons. The summed E-state index contributed by atoms with van der Waals surface area (Å²) in [4.78, 5) is 0. The molecule has 0 bridgehead atoms. The molecular formula is C34H29F3NO+. The number of fused-ring (bicyclic) bond motifs is 4. The van der Waals surface area contributed by atoms with Crippen LogP contribution in [0, 0.1) is 12.3 Å². The lowest BCUT2D eigenvalue weighted by Gasteiger charge is -2.27. The van der Waals surface area contributed by atoms with Crippen molar-refractivity contribution in [3.05, 3.63) is 102 Å². The van der Waals surface area contributed by atoms with Gasteiger partial charge in [-0.05, 0) is 58.5 Å². The maximum Gasteiger partial charge on any atom is 0.394 e. The van der Waals surface area contributed by atoms with Crippen LogP contribution in [-0.4, -0.2) is 6.18 Å². The highest BCUT2D eigenvalue weighted by Crippen LogP contribution is 2.41. The van der Waals surface area contributed by atoms with E-state index in [4.69, 9.17) is 7.16 Å². The highest BCUT2D eigenvalue weighted by molar-refractivity contribution is 6.13. The van der Waals surface area contributed by atoms with Crippen LogP contribution in [0.5, 0.6) is 0 Å². The summed E-state index contributed by atoms with van der Waals surface area (Å²) in [5.74, 6) is 0. The van der Waals surface area contributed by atoms with E-state index in [1.165, 1.54) is 12.1 Å². The third-order valence-corrected chi connectivity index (χ3v) is 7.51. The van der Waals surface area contributed by atoms with Gasteiger partial charge in [0.15, 0.2) is 6.20 Å². The zero-order valence-electron chi connectivity index (χ0n) is 24.1. The third-order valence-electron chi connectivity index (χ3n) is 7.51. The monoisotopic (exact) mass is 526 g/mol. The van der Waals surface area contributed by atoms with Crippen molar-refractivity contribution >= 4 is 32.7 Å². The number of benzene rings is 4. The van der Waals surface area contributed by atoms with Gasteiger partial charge in [0.1, 0.15) is 18.2 Å². The molecule has 2 nitrogen and oxygen atoms in total. The SMILES string of the molecule is [2H]C([2H])(c1ccc(-c2cc[n+](C)c(-c3c(C)ccc4c3oc3cc5ccccc5cc34)c2)cc1)C(C)(C)C(F)(F)F. The number of hydrogen-bond donors (Lipinski definition) is 0. The summed E-state index contributed by atoms with van der Waals surface area (Å²) in [6.45, 7) is 3.84. The summed E-state index contributed by atoms with van der Waals surface area (Å²) in [5.41, 5.74) is 3.61. The van der Waals surface area contributed by atoms with Gasteiger partial charge in [0, 0.05) is 25.6 Å². The van der Waals surface area contributed by atoms with Gasteiger partial charge in [-0.1, -0.05) is 74.5 Å². The van der Waals surface area contributed by atoms with E-state index in [2.05, 4.69) is 36.4 Å². The molecule has 0 atom stereocenters. The number of halogens is 3. The minimum Gasteiger partial charge on any atom is -0.455 e. The van der Waals surface area contributed by atoms with Crippen LogP contribution >= 0.6 is 0 Å². The number of hydrogen-bond acceptors (Lipinski definition) is 1. The molecule has 2 aromatic heterocycles. The van der Waals surface area contributed by atoms with Crippen molar-refractivity contribution in [3.8, 4) is 22.4 Å². The molecule has 0 saturated heterocycles. The van der Waals surface area contributed by atoms with Crippen molar-refractivity contribution in [2.75, 3.05) is 0 Å². The summed E-state index contributed by atoms with van der Waals surface area (Å²) in [6, 6.07) is 26.8. The predicted octanol–water partition coefficient (Wildman–Crippen LogP) is 9.34. The molecule has 2 heterocycles. The van der Waals surface area contributed by atoms with Gasteiger partial charge in [-0.25, -0.2) is 4.57 Å². The zero-order valence-corrected chi connectivity index (χ0v) is 22.1. The molecule has 6 rings (SSSR count). The first-order valence-electron chi connectivity index (χ1n) is 13.8. The second-order valence-electron chi connectivity index (χ2n) is 10.7. The van der Waals surface area contributed by atoms with Crippen molar-refractivity contribution in [2.45, 2.75) is 33.3 Å². The number of alkyl halides is 3. The summed E-state index contributed by atoms with van der Waals surface area (Å²) in [6.07, 6.45) is -5.35. The lowest BCUT2D eigenvalue weighted by molar-refractivity contribution is -0.660. The summed E-state index contributed by atoms with van der Waals surface area (Å²) >= 11 is 0. The number of aryl methyl sites for hydroxylation is 2. The van der Waals surface area contributed by atoms with Gasteiger partial charge < -0.3 is 4.42 Å². The minimum atomic E-state index is -4.69. The predicted molar refractivity (Wildman–Crippen MR) is 152 cm³/mol. The maximum absolute atomic E-state index is 13.6. The molecule has 39 heavy (non-hydrogen) atoms. The molecular weight excluding hydrogens is 495 g/mol. The number of rotatable bonds is 4. The molecule has 4 aromatic carbocycles. The van der Waals surface area contributed by atoms with Gasteiger partial charge in [0.2, 0.25) is 5.69 Å². The molecule has 0 unspecified atom stereocenters. The van der Waals surface area contributed by atoms with Crippen molar-refractivity contribution in [1.82, 2.24) is 0 Å². The van der Waals surface area contributed by atoms with E-state index in [9.17, 15) is 13.2 Å². The molecule has 0 amide bonds. The van der Waals surface area contributed by atoms with E-state index in [0.29, 0.717) is 0 Å². The molecule has 0 N–H and O–H groups in total. The highest BCUT2D eigenvalue weighted by atomic mass is 19.4. The van der Waals surface area contributed by atoms with Gasteiger partial charge in [-0.2, -0.15) is 13.2 Å². The third kappa shape index (κ3) is 4.36. The molecule has 0 radical (unpaired) electrons. The van der Waals surface area contributed by atoms with E-state index >= 15 is 0 Å². The van der Waals surface area contributed by atoms with E-state index in [-0.39, 0.29) is 5.56 Å². The zero-order chi connectivity index (χ0) is 29.3. The normalized spacial score (nSPS) is 13.7. The Morgan fingerprint density at radius 3 is 2.21 bits per heavy atom. The van der Waals surface area contributed by atoms with Gasteiger partial charge in [-0.3, -0.25) is 0 Å². The smallest absolute Gasteiger partial charge is 0.394 e. The van der Waals surface area contributed by atoms with Crippen LogP contribution in [0.15, 0.2) is 95.5 Å². The van der Waals surface area contributed by atoms with Crippen LogP contribution in [0.4, 0.5) is 13.2 Å². The number of pyridine rings is 1. The van der Waals surface area contributed by atoms with Crippen molar-refractivity contribution < 1.29 is 24.9 Å². The average Bonchev–Trinajstić information content (AvgIpc) is 3.28. The number of aromatic nitrogens is 1. The maximum atomic E-state index is 13.6.